The Morgan fingerprint density at radius 1 is 0.524 bits per heavy atom. The zero-order valence-electron chi connectivity index (χ0n) is 15.6. The van der Waals surface area contributed by atoms with Gasteiger partial charge in [-0.05, 0) is 18.3 Å². The topological polar surface area (TPSA) is 0 Å². The molecule has 0 fully saturated rings. The molecule has 1 radical (unpaired) electrons. The van der Waals surface area contributed by atoms with Crippen molar-refractivity contribution in [1.29, 1.82) is 0 Å². The third-order valence-corrected chi connectivity index (χ3v) is 4.85. The molecule has 0 aromatic heterocycles. The predicted molar refractivity (Wildman–Crippen MR) is 98.6 cm³/mol. The molecule has 0 aromatic rings. The molecule has 0 heteroatoms. The van der Waals surface area contributed by atoms with E-state index in [1.807, 2.05) is 0 Å². The van der Waals surface area contributed by atoms with Crippen LogP contribution in [0.1, 0.15) is 118 Å². The van der Waals surface area contributed by atoms with E-state index in [9.17, 15) is 0 Å². The van der Waals surface area contributed by atoms with Crippen LogP contribution in [0.4, 0.5) is 0 Å². The van der Waals surface area contributed by atoms with Gasteiger partial charge >= 0.3 is 0 Å². The average molecular weight is 296 g/mol. The fraction of sp³-hybridized carbons (Fsp3) is 0.952. The molecule has 0 bridgehead atoms. The largest absolute Gasteiger partial charge is 0.0654 e. The molecule has 0 aromatic carbocycles. The Balaban J connectivity index is 3.99. The zero-order chi connectivity index (χ0) is 15.8. The van der Waals surface area contributed by atoms with Gasteiger partial charge in [0.25, 0.3) is 0 Å². The Bertz CT molecular complexity index is 184. The third-order valence-electron chi connectivity index (χ3n) is 4.85. The number of hydrogen-bond acceptors (Lipinski definition) is 0. The van der Waals surface area contributed by atoms with Crippen molar-refractivity contribution in [3.63, 3.8) is 0 Å². The highest BCUT2D eigenvalue weighted by Gasteiger charge is 2.15. The van der Waals surface area contributed by atoms with E-state index in [0.717, 1.165) is 11.8 Å². The van der Waals surface area contributed by atoms with Gasteiger partial charge in [-0.2, -0.15) is 0 Å². The molecule has 0 aliphatic heterocycles. The normalized spacial score (nSPS) is 14.3. The summed E-state index contributed by atoms with van der Waals surface area (Å²) in [5.41, 5.74) is 0. The van der Waals surface area contributed by atoms with Crippen molar-refractivity contribution >= 4 is 0 Å². The van der Waals surface area contributed by atoms with Crippen LogP contribution in [0.15, 0.2) is 0 Å². The second-order valence-corrected chi connectivity index (χ2v) is 6.96. The van der Waals surface area contributed by atoms with Crippen LogP contribution in [0.2, 0.25) is 0 Å². The Kier molecular flexibility index (Phi) is 16.4. The molecule has 21 heavy (non-hydrogen) atoms. The number of unbranched alkanes of at least 4 members (excludes halogenated alkanes) is 7. The lowest BCUT2D eigenvalue weighted by Crippen LogP contribution is -2.10. The smallest absolute Gasteiger partial charge is 0.0324 e. The van der Waals surface area contributed by atoms with Gasteiger partial charge in [-0.15, -0.1) is 0 Å². The molecule has 0 saturated carbocycles. The van der Waals surface area contributed by atoms with Gasteiger partial charge in [0.05, 0.1) is 0 Å². The van der Waals surface area contributed by atoms with E-state index in [1.54, 1.807) is 0 Å². The van der Waals surface area contributed by atoms with Crippen molar-refractivity contribution in [3.8, 4) is 0 Å². The minimum atomic E-state index is 0.883. The van der Waals surface area contributed by atoms with Crippen molar-refractivity contribution in [2.45, 2.75) is 118 Å². The molecule has 2 unspecified atom stereocenters. The molecule has 0 saturated heterocycles. The van der Waals surface area contributed by atoms with Crippen LogP contribution in [0.5, 0.6) is 0 Å². The van der Waals surface area contributed by atoms with E-state index in [-0.39, 0.29) is 0 Å². The lowest BCUT2D eigenvalue weighted by Gasteiger charge is -2.22. The minimum Gasteiger partial charge on any atom is -0.0654 e. The molecule has 2 atom stereocenters. The fourth-order valence-electron chi connectivity index (χ4n) is 3.29. The average Bonchev–Trinajstić information content (AvgIpc) is 2.50. The van der Waals surface area contributed by atoms with E-state index in [4.69, 9.17) is 0 Å². The summed E-state index contributed by atoms with van der Waals surface area (Å²) >= 11 is 0. The first-order chi connectivity index (χ1) is 10.3. The molecular weight excluding hydrogens is 252 g/mol. The van der Waals surface area contributed by atoms with Crippen LogP contribution in [-0.2, 0) is 0 Å². The SMILES string of the molecule is CCCCCCCC([CH]C(CC)CCCCC)CCCC. The van der Waals surface area contributed by atoms with Crippen LogP contribution < -0.4 is 0 Å². The molecule has 0 spiro atoms. The second-order valence-electron chi connectivity index (χ2n) is 6.96. The monoisotopic (exact) mass is 295 g/mol. The quantitative estimate of drug-likeness (QED) is 0.253. The van der Waals surface area contributed by atoms with Gasteiger partial charge in [0.2, 0.25) is 0 Å². The molecule has 0 aliphatic rings. The van der Waals surface area contributed by atoms with E-state index in [0.29, 0.717) is 0 Å². The third kappa shape index (κ3) is 13.4. The summed E-state index contributed by atoms with van der Waals surface area (Å²) in [5, 5.41) is 0. The molecule has 0 rings (SSSR count). The molecule has 0 amide bonds. The standard InChI is InChI=1S/C21H43/c1-5-9-12-13-15-18-21(16-11-7-3)19-20(8-4)17-14-10-6-2/h19-21H,5-18H2,1-4H3. The highest BCUT2D eigenvalue weighted by Crippen LogP contribution is 2.28. The van der Waals surface area contributed by atoms with E-state index < -0.39 is 0 Å². The van der Waals surface area contributed by atoms with Crippen LogP contribution in [-0.4, -0.2) is 0 Å². The van der Waals surface area contributed by atoms with Gasteiger partial charge in [0, 0.05) is 0 Å². The lowest BCUT2D eigenvalue weighted by atomic mass is 9.83. The van der Waals surface area contributed by atoms with Gasteiger partial charge in [-0.1, -0.05) is 118 Å². The first-order valence-corrected chi connectivity index (χ1v) is 10.1. The fourth-order valence-corrected chi connectivity index (χ4v) is 3.29. The van der Waals surface area contributed by atoms with Gasteiger partial charge in [0.15, 0.2) is 0 Å². The highest BCUT2D eigenvalue weighted by molar-refractivity contribution is 4.83. The van der Waals surface area contributed by atoms with E-state index in [1.165, 1.54) is 89.9 Å². The summed E-state index contributed by atoms with van der Waals surface area (Å²) < 4.78 is 0. The number of rotatable bonds is 16. The van der Waals surface area contributed by atoms with Crippen molar-refractivity contribution < 1.29 is 0 Å². The Morgan fingerprint density at radius 3 is 1.62 bits per heavy atom. The van der Waals surface area contributed by atoms with Crippen LogP contribution in [0.3, 0.4) is 0 Å². The minimum absolute atomic E-state index is 0.883. The van der Waals surface area contributed by atoms with Crippen molar-refractivity contribution in [3.05, 3.63) is 6.42 Å². The van der Waals surface area contributed by atoms with E-state index in [2.05, 4.69) is 34.1 Å². The Morgan fingerprint density at radius 2 is 1.00 bits per heavy atom. The lowest BCUT2D eigenvalue weighted by molar-refractivity contribution is 0.384. The van der Waals surface area contributed by atoms with Crippen LogP contribution >= 0.6 is 0 Å². The highest BCUT2D eigenvalue weighted by atomic mass is 14.2. The number of hydrogen-bond donors (Lipinski definition) is 0. The van der Waals surface area contributed by atoms with Crippen LogP contribution in [0.25, 0.3) is 0 Å². The van der Waals surface area contributed by atoms with Gasteiger partial charge in [0.1, 0.15) is 0 Å². The molecule has 0 aliphatic carbocycles. The molecule has 0 N–H and O–H groups in total. The summed E-state index contributed by atoms with van der Waals surface area (Å²) in [7, 11) is 0. The second kappa shape index (κ2) is 16.4. The molecule has 0 heterocycles. The summed E-state index contributed by atoms with van der Waals surface area (Å²) in [4.78, 5) is 0. The summed E-state index contributed by atoms with van der Waals surface area (Å²) in [6, 6.07) is 0. The van der Waals surface area contributed by atoms with Crippen molar-refractivity contribution in [1.82, 2.24) is 0 Å². The van der Waals surface area contributed by atoms with Crippen molar-refractivity contribution in [2.75, 3.05) is 0 Å². The first kappa shape index (κ1) is 21.0. The van der Waals surface area contributed by atoms with Gasteiger partial charge < -0.3 is 0 Å². The zero-order valence-corrected chi connectivity index (χ0v) is 15.6. The maximum Gasteiger partial charge on any atom is -0.0324 e. The first-order valence-electron chi connectivity index (χ1n) is 10.1. The predicted octanol–water partition coefficient (Wildman–Crippen LogP) is 7.96. The summed E-state index contributed by atoms with van der Waals surface area (Å²) in [6.45, 7) is 9.33. The Labute approximate surface area is 136 Å². The molecular formula is C21H43. The van der Waals surface area contributed by atoms with Crippen LogP contribution in [0, 0.1) is 18.3 Å². The molecule has 0 nitrogen and oxygen atoms in total. The van der Waals surface area contributed by atoms with Gasteiger partial charge in [-0.25, -0.2) is 0 Å². The van der Waals surface area contributed by atoms with E-state index >= 15 is 0 Å². The van der Waals surface area contributed by atoms with Crippen molar-refractivity contribution in [2.24, 2.45) is 11.8 Å². The molecule has 127 valence electrons. The Hall–Kier alpha value is 0. The summed E-state index contributed by atoms with van der Waals surface area (Å²) in [5.74, 6) is 1.78. The maximum atomic E-state index is 2.76. The van der Waals surface area contributed by atoms with Gasteiger partial charge in [-0.3, -0.25) is 0 Å². The maximum absolute atomic E-state index is 2.76. The summed E-state index contributed by atoms with van der Waals surface area (Å²) in [6.07, 6.45) is 22.6.